The van der Waals surface area contributed by atoms with Gasteiger partial charge in [-0.15, -0.1) is 0 Å². The fourth-order valence-corrected chi connectivity index (χ4v) is 4.05. The number of aryl methyl sites for hydroxylation is 1. The Morgan fingerprint density at radius 2 is 2.03 bits per heavy atom. The molecule has 1 amide bonds. The number of aromatic nitrogens is 3. The summed E-state index contributed by atoms with van der Waals surface area (Å²) < 4.78 is 13.3. The summed E-state index contributed by atoms with van der Waals surface area (Å²) in [6.07, 6.45) is 0. The first-order chi connectivity index (χ1) is 14.4. The highest BCUT2D eigenvalue weighted by Crippen LogP contribution is 2.30. The molecule has 0 spiro atoms. The largest absolute Gasteiger partial charge is 0.497 e. The number of thiazole rings is 1. The summed E-state index contributed by atoms with van der Waals surface area (Å²) in [5, 5.41) is 8.73. The molecule has 30 heavy (non-hydrogen) atoms. The molecule has 2 aromatic heterocycles. The molecule has 0 fully saturated rings. The van der Waals surface area contributed by atoms with Gasteiger partial charge in [-0.05, 0) is 37.3 Å². The van der Waals surface area contributed by atoms with Crippen LogP contribution < -0.4 is 14.8 Å². The molecule has 0 bridgehead atoms. The first-order valence-corrected chi connectivity index (χ1v) is 10.4. The molecule has 0 aliphatic heterocycles. The van der Waals surface area contributed by atoms with E-state index in [0.29, 0.717) is 26.7 Å². The Balaban J connectivity index is 1.53. The van der Waals surface area contributed by atoms with Crippen LogP contribution in [0.3, 0.4) is 0 Å². The zero-order valence-electron chi connectivity index (χ0n) is 16.0. The van der Waals surface area contributed by atoms with E-state index >= 15 is 0 Å². The molecule has 0 saturated heterocycles. The first-order valence-electron chi connectivity index (χ1n) is 8.82. The minimum absolute atomic E-state index is 0.235. The van der Waals surface area contributed by atoms with Crippen molar-refractivity contribution in [2.24, 2.45) is 0 Å². The van der Waals surface area contributed by atoms with E-state index < -0.39 is 0 Å². The van der Waals surface area contributed by atoms with Crippen LogP contribution >= 0.6 is 34.5 Å². The average Bonchev–Trinajstić information content (AvgIpc) is 3.30. The Labute approximate surface area is 186 Å². The van der Waals surface area contributed by atoms with Crippen LogP contribution in [0, 0.1) is 6.92 Å². The Hall–Kier alpha value is -2.81. The van der Waals surface area contributed by atoms with Crippen molar-refractivity contribution in [1.82, 2.24) is 14.8 Å². The molecule has 0 atom stereocenters. The highest BCUT2D eigenvalue weighted by molar-refractivity contribution is 7.20. The van der Waals surface area contributed by atoms with Crippen LogP contribution in [0.25, 0.3) is 15.3 Å². The van der Waals surface area contributed by atoms with Crippen molar-refractivity contribution in [3.05, 3.63) is 58.2 Å². The number of rotatable bonds is 6. The molecule has 0 aliphatic carbocycles. The minimum Gasteiger partial charge on any atom is -0.497 e. The maximum Gasteiger partial charge on any atom is 0.263 e. The maximum atomic E-state index is 12.4. The number of amides is 1. The van der Waals surface area contributed by atoms with Crippen LogP contribution in [-0.2, 0) is 4.79 Å². The summed E-state index contributed by atoms with van der Waals surface area (Å²) in [5.41, 5.74) is 1.56. The number of fused-ring (bicyclic) bond motifs is 1. The average molecular weight is 463 g/mol. The standard InChI is InChI=1S/C20H16Cl2N4O3S/c1-11-7-18(24-19(27)10-29-16-8-12(21)3-5-14(16)22)26(25-11)20-23-15-6-4-13(28-2)9-17(15)30-20/h3-9H,10H2,1-2H3,(H,24,27). The Morgan fingerprint density at radius 1 is 1.20 bits per heavy atom. The van der Waals surface area contributed by atoms with E-state index in [1.165, 1.54) is 11.3 Å². The van der Waals surface area contributed by atoms with Gasteiger partial charge in [-0.3, -0.25) is 4.79 Å². The number of anilines is 1. The maximum absolute atomic E-state index is 12.4. The van der Waals surface area contributed by atoms with Crippen molar-refractivity contribution in [2.45, 2.75) is 6.92 Å². The monoisotopic (exact) mass is 462 g/mol. The topological polar surface area (TPSA) is 78.3 Å². The highest BCUT2D eigenvalue weighted by Gasteiger charge is 2.15. The van der Waals surface area contributed by atoms with Gasteiger partial charge in [-0.25, -0.2) is 4.98 Å². The van der Waals surface area contributed by atoms with Crippen LogP contribution in [0.1, 0.15) is 5.69 Å². The first kappa shape index (κ1) is 20.5. The van der Waals surface area contributed by atoms with Crippen molar-refractivity contribution >= 4 is 56.5 Å². The van der Waals surface area contributed by atoms with E-state index in [1.807, 2.05) is 25.1 Å². The molecular weight excluding hydrogens is 447 g/mol. The fraction of sp³-hybridized carbons (Fsp3) is 0.150. The summed E-state index contributed by atoms with van der Waals surface area (Å²) in [6, 6.07) is 12.2. The number of hydrogen-bond donors (Lipinski definition) is 1. The zero-order chi connectivity index (χ0) is 21.3. The molecule has 4 rings (SSSR count). The van der Waals surface area contributed by atoms with Crippen LogP contribution in [0.5, 0.6) is 11.5 Å². The fourth-order valence-electron chi connectivity index (χ4n) is 2.75. The molecule has 2 heterocycles. The van der Waals surface area contributed by atoms with E-state index in [-0.39, 0.29) is 12.5 Å². The van der Waals surface area contributed by atoms with E-state index in [2.05, 4.69) is 15.4 Å². The molecule has 2 aromatic carbocycles. The minimum atomic E-state index is -0.366. The Bertz CT molecular complexity index is 1240. The molecule has 4 aromatic rings. The van der Waals surface area contributed by atoms with Crippen LogP contribution in [0.2, 0.25) is 10.0 Å². The number of halogens is 2. The molecular formula is C20H16Cl2N4O3S. The molecule has 1 N–H and O–H groups in total. The number of ether oxygens (including phenoxy) is 2. The molecule has 0 saturated carbocycles. The molecule has 10 heteroatoms. The third-order valence-corrected chi connectivity index (χ3v) is 5.66. The lowest BCUT2D eigenvalue weighted by atomic mass is 10.3. The van der Waals surface area contributed by atoms with Gasteiger partial charge in [0.05, 0.1) is 28.0 Å². The smallest absolute Gasteiger partial charge is 0.263 e. The third-order valence-electron chi connectivity index (χ3n) is 4.12. The summed E-state index contributed by atoms with van der Waals surface area (Å²) in [6.45, 7) is 1.60. The number of nitrogens with zero attached hydrogens (tertiary/aromatic N) is 3. The summed E-state index contributed by atoms with van der Waals surface area (Å²) >= 11 is 13.4. The number of methoxy groups -OCH3 is 1. The van der Waals surface area contributed by atoms with Crippen molar-refractivity contribution < 1.29 is 14.3 Å². The number of carbonyl (C=O) groups excluding carboxylic acids is 1. The second-order valence-corrected chi connectivity index (χ2v) is 8.18. The van der Waals surface area contributed by atoms with Crippen molar-refractivity contribution in [1.29, 1.82) is 0 Å². The summed E-state index contributed by atoms with van der Waals surface area (Å²) in [4.78, 5) is 17.0. The van der Waals surface area contributed by atoms with Crippen LogP contribution in [0.4, 0.5) is 5.82 Å². The predicted octanol–water partition coefficient (Wildman–Crippen LogP) is 5.12. The van der Waals surface area contributed by atoms with Gasteiger partial charge in [-0.1, -0.05) is 34.5 Å². The van der Waals surface area contributed by atoms with Gasteiger partial charge in [0.2, 0.25) is 5.13 Å². The molecule has 0 unspecified atom stereocenters. The SMILES string of the molecule is COc1ccc2nc(-n3nc(C)cc3NC(=O)COc3cc(Cl)ccc3Cl)sc2c1. The number of hydrogen-bond acceptors (Lipinski definition) is 6. The highest BCUT2D eigenvalue weighted by atomic mass is 35.5. The third kappa shape index (κ3) is 4.35. The van der Waals surface area contributed by atoms with Crippen molar-refractivity contribution in [2.75, 3.05) is 19.0 Å². The Morgan fingerprint density at radius 3 is 2.83 bits per heavy atom. The van der Waals surface area contributed by atoms with Gasteiger partial charge in [0.25, 0.3) is 5.91 Å². The Kier molecular flexibility index (Phi) is 5.80. The number of carbonyl (C=O) groups is 1. The van der Waals surface area contributed by atoms with Gasteiger partial charge >= 0.3 is 0 Å². The van der Waals surface area contributed by atoms with Gasteiger partial charge in [-0.2, -0.15) is 9.78 Å². The van der Waals surface area contributed by atoms with Gasteiger partial charge in [0, 0.05) is 17.2 Å². The molecule has 0 radical (unpaired) electrons. The van der Waals surface area contributed by atoms with Gasteiger partial charge in [0.15, 0.2) is 6.61 Å². The zero-order valence-corrected chi connectivity index (χ0v) is 18.3. The van der Waals surface area contributed by atoms with E-state index in [0.717, 1.165) is 21.7 Å². The molecule has 7 nitrogen and oxygen atoms in total. The number of nitrogens with one attached hydrogen (secondary N) is 1. The van der Waals surface area contributed by atoms with E-state index in [4.69, 9.17) is 32.7 Å². The van der Waals surface area contributed by atoms with Crippen LogP contribution in [-0.4, -0.2) is 34.4 Å². The number of benzene rings is 2. The normalized spacial score (nSPS) is 10.9. The lowest BCUT2D eigenvalue weighted by Crippen LogP contribution is -2.22. The van der Waals surface area contributed by atoms with Gasteiger partial charge in [0.1, 0.15) is 17.3 Å². The van der Waals surface area contributed by atoms with E-state index in [1.54, 1.807) is 36.1 Å². The van der Waals surface area contributed by atoms with Crippen molar-refractivity contribution in [3.63, 3.8) is 0 Å². The summed E-state index contributed by atoms with van der Waals surface area (Å²) in [5.74, 6) is 1.21. The summed E-state index contributed by atoms with van der Waals surface area (Å²) in [7, 11) is 1.62. The molecule has 154 valence electrons. The second kappa shape index (κ2) is 8.51. The van der Waals surface area contributed by atoms with Gasteiger partial charge < -0.3 is 14.8 Å². The lowest BCUT2D eigenvalue weighted by molar-refractivity contribution is -0.118. The quantitative estimate of drug-likeness (QED) is 0.429. The second-order valence-electron chi connectivity index (χ2n) is 6.32. The van der Waals surface area contributed by atoms with Crippen LogP contribution in [0.15, 0.2) is 42.5 Å². The van der Waals surface area contributed by atoms with E-state index in [9.17, 15) is 4.79 Å². The predicted molar refractivity (Wildman–Crippen MR) is 119 cm³/mol. The molecule has 0 aliphatic rings. The van der Waals surface area contributed by atoms with Crippen molar-refractivity contribution in [3.8, 4) is 16.6 Å². The lowest BCUT2D eigenvalue weighted by Gasteiger charge is -2.09.